The molecule has 0 aromatic carbocycles. The van der Waals surface area contributed by atoms with Gasteiger partial charge in [-0.2, -0.15) is 0 Å². The first-order chi connectivity index (χ1) is 30.4. The molecular formula is C49H93O13P. The highest BCUT2D eigenvalue weighted by atomic mass is 31.2. The molecule has 13 nitrogen and oxygen atoms in total. The van der Waals surface area contributed by atoms with Gasteiger partial charge in [-0.05, 0) is 38.5 Å². The number of hydrogen-bond acceptors (Lipinski definition) is 12. The number of phosphoric ester groups is 1. The molecule has 0 aliphatic heterocycles. The molecule has 1 rings (SSSR count). The zero-order chi connectivity index (χ0) is 46.4. The average Bonchev–Trinajstić information content (AvgIpc) is 3.26. The van der Waals surface area contributed by atoms with Crippen molar-refractivity contribution in [3.63, 3.8) is 0 Å². The third kappa shape index (κ3) is 32.0. The lowest BCUT2D eigenvalue weighted by atomic mass is 9.85. The van der Waals surface area contributed by atoms with Gasteiger partial charge in [-0.1, -0.05) is 193 Å². The Balaban J connectivity index is 2.40. The van der Waals surface area contributed by atoms with Crippen LogP contribution in [0.3, 0.4) is 0 Å². The van der Waals surface area contributed by atoms with Crippen LogP contribution in [-0.2, 0) is 32.7 Å². The van der Waals surface area contributed by atoms with E-state index < -0.39 is 75.7 Å². The molecule has 1 fully saturated rings. The molecule has 6 unspecified atom stereocenters. The number of aliphatic hydroxyl groups is 5. The smallest absolute Gasteiger partial charge is 0.462 e. The van der Waals surface area contributed by atoms with Crippen LogP contribution in [0.1, 0.15) is 232 Å². The third-order valence-electron chi connectivity index (χ3n) is 12.1. The summed E-state index contributed by atoms with van der Waals surface area (Å²) in [6.45, 7) is 3.33. The van der Waals surface area contributed by atoms with E-state index in [0.29, 0.717) is 12.8 Å². The summed E-state index contributed by atoms with van der Waals surface area (Å²) in [5.41, 5.74) is 0. The largest absolute Gasteiger partial charge is 0.472 e. The number of hydrogen-bond donors (Lipinski definition) is 6. The lowest BCUT2D eigenvalue weighted by molar-refractivity contribution is -0.220. The Morgan fingerprint density at radius 1 is 0.476 bits per heavy atom. The molecular weight excluding hydrogens is 828 g/mol. The van der Waals surface area contributed by atoms with Gasteiger partial charge in [-0.15, -0.1) is 0 Å². The summed E-state index contributed by atoms with van der Waals surface area (Å²) in [4.78, 5) is 35.8. The number of carbonyl (C=O) groups is 2. The molecule has 14 heteroatoms. The minimum absolute atomic E-state index is 0.0963. The number of rotatable bonds is 43. The van der Waals surface area contributed by atoms with Gasteiger partial charge in [-0.25, -0.2) is 4.57 Å². The molecule has 6 N–H and O–H groups in total. The Morgan fingerprint density at radius 2 is 0.810 bits per heavy atom. The van der Waals surface area contributed by atoms with Crippen LogP contribution in [0.2, 0.25) is 0 Å². The normalized spacial score (nSPS) is 21.7. The first kappa shape index (κ1) is 59.6. The van der Waals surface area contributed by atoms with Crippen LogP contribution >= 0.6 is 7.82 Å². The van der Waals surface area contributed by atoms with Crippen molar-refractivity contribution in [1.82, 2.24) is 0 Å². The van der Waals surface area contributed by atoms with E-state index in [4.69, 9.17) is 18.5 Å². The van der Waals surface area contributed by atoms with E-state index >= 15 is 0 Å². The fourth-order valence-corrected chi connectivity index (χ4v) is 8.96. The highest BCUT2D eigenvalue weighted by Crippen LogP contribution is 2.47. The van der Waals surface area contributed by atoms with E-state index in [-0.39, 0.29) is 12.8 Å². The highest BCUT2D eigenvalue weighted by molar-refractivity contribution is 7.47. The molecule has 1 saturated carbocycles. The van der Waals surface area contributed by atoms with Crippen molar-refractivity contribution >= 4 is 19.8 Å². The summed E-state index contributed by atoms with van der Waals surface area (Å²) in [5, 5.41) is 50.2. The van der Waals surface area contributed by atoms with Crippen LogP contribution in [0.4, 0.5) is 0 Å². The standard InChI is InChI=1S/C49H93O13P/c1-3-5-7-9-11-13-15-17-19-20-21-22-24-26-28-30-32-34-36-38-43(51)61-41(40-60-63(57,58)62-49-47(55)45(53)44(52)46(54)48(49)56)39-59-42(50)37-35-33-31-29-27-25-23-18-16-14-12-10-8-6-4-2/h20-21,41,44-49,52-56H,3-19,22-40H2,1-2H3,(H,57,58)/b21-20-/t41-,44?,45-,46?,47?,48?,49?/m1/s1. The SMILES string of the molecule is CCCCCCCCCC/C=C\CCCCCCCCCC(=O)O[C@H](COC(=O)CCCCCCCCCCCCCCCCC)COP(=O)(O)OC1C(O)C(O)C(O)[C@@H](O)C1O. The van der Waals surface area contributed by atoms with Crippen molar-refractivity contribution in [1.29, 1.82) is 0 Å². The van der Waals surface area contributed by atoms with Gasteiger partial charge in [0.15, 0.2) is 6.10 Å². The monoisotopic (exact) mass is 921 g/mol. The molecule has 0 heterocycles. The fourth-order valence-electron chi connectivity index (χ4n) is 7.99. The van der Waals surface area contributed by atoms with Crippen molar-refractivity contribution < 1.29 is 63.1 Å². The molecule has 0 saturated heterocycles. The molecule has 63 heavy (non-hydrogen) atoms. The van der Waals surface area contributed by atoms with Crippen LogP contribution in [0.25, 0.3) is 0 Å². The zero-order valence-electron chi connectivity index (χ0n) is 39.6. The molecule has 1 aliphatic rings. The molecule has 1 aliphatic carbocycles. The predicted molar refractivity (Wildman–Crippen MR) is 249 cm³/mol. The van der Waals surface area contributed by atoms with Crippen LogP contribution in [0, 0.1) is 0 Å². The summed E-state index contributed by atoms with van der Waals surface area (Å²) in [6.07, 6.45) is 29.7. The van der Waals surface area contributed by atoms with Gasteiger partial charge in [0.25, 0.3) is 0 Å². The second kappa shape index (κ2) is 39.7. The van der Waals surface area contributed by atoms with Gasteiger partial charge in [-0.3, -0.25) is 18.6 Å². The number of carbonyl (C=O) groups excluding carboxylic acids is 2. The van der Waals surface area contributed by atoms with E-state index in [1.807, 2.05) is 0 Å². The minimum atomic E-state index is -5.12. The Labute approximate surface area is 382 Å². The zero-order valence-corrected chi connectivity index (χ0v) is 40.5. The fraction of sp³-hybridized carbons (Fsp3) is 0.918. The number of aliphatic hydroxyl groups excluding tert-OH is 5. The van der Waals surface area contributed by atoms with E-state index in [9.17, 15) is 44.6 Å². The van der Waals surface area contributed by atoms with Crippen molar-refractivity contribution in [3.05, 3.63) is 12.2 Å². The first-order valence-electron chi connectivity index (χ1n) is 25.5. The van der Waals surface area contributed by atoms with Crippen LogP contribution in [0.15, 0.2) is 12.2 Å². The van der Waals surface area contributed by atoms with Crippen molar-refractivity contribution in [2.45, 2.75) is 275 Å². The van der Waals surface area contributed by atoms with E-state index in [2.05, 4.69) is 26.0 Å². The maximum Gasteiger partial charge on any atom is 0.472 e. The van der Waals surface area contributed by atoms with Crippen LogP contribution in [-0.4, -0.2) is 98.3 Å². The second-order valence-corrected chi connectivity index (χ2v) is 19.4. The number of phosphoric acid groups is 1. The average molecular weight is 921 g/mol. The molecule has 372 valence electrons. The molecule has 0 aromatic heterocycles. The van der Waals surface area contributed by atoms with Crippen molar-refractivity contribution in [2.75, 3.05) is 13.2 Å². The summed E-state index contributed by atoms with van der Waals surface area (Å²) < 4.78 is 33.6. The lowest BCUT2D eigenvalue weighted by Crippen LogP contribution is -2.64. The molecule has 0 radical (unpaired) electrons. The summed E-state index contributed by atoms with van der Waals surface area (Å²) in [7, 11) is -5.12. The van der Waals surface area contributed by atoms with Crippen LogP contribution < -0.4 is 0 Å². The number of unbranched alkanes of at least 4 members (excludes halogenated alkanes) is 29. The van der Waals surface area contributed by atoms with Crippen molar-refractivity contribution in [2.24, 2.45) is 0 Å². The summed E-state index contributed by atoms with van der Waals surface area (Å²) in [6, 6.07) is 0. The van der Waals surface area contributed by atoms with Crippen molar-refractivity contribution in [3.8, 4) is 0 Å². The van der Waals surface area contributed by atoms with Gasteiger partial charge < -0.3 is 39.9 Å². The van der Waals surface area contributed by atoms with E-state index in [1.165, 1.54) is 141 Å². The number of allylic oxidation sites excluding steroid dienone is 2. The van der Waals surface area contributed by atoms with Gasteiger partial charge >= 0.3 is 19.8 Å². The highest BCUT2D eigenvalue weighted by Gasteiger charge is 2.51. The van der Waals surface area contributed by atoms with Gasteiger partial charge in [0.2, 0.25) is 0 Å². The summed E-state index contributed by atoms with van der Waals surface area (Å²) >= 11 is 0. The summed E-state index contributed by atoms with van der Waals surface area (Å²) in [5.74, 6) is -1.09. The molecule has 0 aromatic rings. The topological polar surface area (TPSA) is 210 Å². The first-order valence-corrected chi connectivity index (χ1v) is 27.0. The Hall–Kier alpha value is -1.41. The predicted octanol–water partition coefficient (Wildman–Crippen LogP) is 10.6. The quantitative estimate of drug-likeness (QED) is 0.0146. The molecule has 0 amide bonds. The molecule has 0 spiro atoms. The number of ether oxygens (including phenoxy) is 2. The molecule has 8 atom stereocenters. The second-order valence-electron chi connectivity index (χ2n) is 18.0. The Bertz CT molecular complexity index is 1160. The lowest BCUT2D eigenvalue weighted by Gasteiger charge is -2.41. The Kier molecular flexibility index (Phi) is 37.6. The van der Waals surface area contributed by atoms with Gasteiger partial charge in [0.05, 0.1) is 6.61 Å². The maximum absolute atomic E-state index is 12.8. The van der Waals surface area contributed by atoms with Gasteiger partial charge in [0, 0.05) is 12.8 Å². The third-order valence-corrected chi connectivity index (χ3v) is 13.1. The minimum Gasteiger partial charge on any atom is -0.462 e. The van der Waals surface area contributed by atoms with Crippen LogP contribution in [0.5, 0.6) is 0 Å². The number of esters is 2. The van der Waals surface area contributed by atoms with Gasteiger partial charge in [0.1, 0.15) is 43.2 Å². The van der Waals surface area contributed by atoms with E-state index in [1.54, 1.807) is 0 Å². The van der Waals surface area contributed by atoms with E-state index in [0.717, 1.165) is 51.4 Å². The molecule has 0 bridgehead atoms. The Morgan fingerprint density at radius 3 is 1.21 bits per heavy atom. The maximum atomic E-state index is 12.8.